The molecule has 4 heteroatoms. The van der Waals surface area contributed by atoms with Crippen molar-refractivity contribution < 1.29 is 9.59 Å². The van der Waals surface area contributed by atoms with Gasteiger partial charge in [-0.15, -0.1) is 0 Å². The predicted molar refractivity (Wildman–Crippen MR) is 120 cm³/mol. The first kappa shape index (κ1) is 23.4. The van der Waals surface area contributed by atoms with Crippen LogP contribution in [0, 0.1) is 11.8 Å². The molecule has 2 amide bonds. The lowest BCUT2D eigenvalue weighted by Gasteiger charge is -2.35. The summed E-state index contributed by atoms with van der Waals surface area (Å²) in [7, 11) is 0. The Balaban J connectivity index is 1.87. The number of piperidine rings is 1. The van der Waals surface area contributed by atoms with Gasteiger partial charge in [0, 0.05) is 19.0 Å². The fraction of sp³-hybridized carbons (Fsp3) is 0.680. The summed E-state index contributed by atoms with van der Waals surface area (Å²) in [6, 6.07) is 10.2. The Morgan fingerprint density at radius 3 is 2.31 bits per heavy atom. The molecule has 0 spiro atoms. The van der Waals surface area contributed by atoms with E-state index >= 15 is 0 Å². The Bertz CT molecular complexity index is 609. The molecule has 1 aliphatic rings. The van der Waals surface area contributed by atoms with E-state index in [2.05, 4.69) is 56.4 Å². The largest absolute Gasteiger partial charge is 0.344 e. The molecule has 0 radical (unpaired) electrons. The molecule has 2 atom stereocenters. The molecule has 162 valence electrons. The topological polar surface area (TPSA) is 49.4 Å². The van der Waals surface area contributed by atoms with E-state index in [1.165, 1.54) is 5.56 Å². The maximum Gasteiger partial charge on any atom is 0.245 e. The summed E-state index contributed by atoms with van der Waals surface area (Å²) in [6.07, 6.45) is 8.70. The number of rotatable bonds is 11. The third-order valence-electron chi connectivity index (χ3n) is 6.26. The normalized spacial score (nSPS) is 17.0. The average molecular weight is 401 g/mol. The maximum absolute atomic E-state index is 13.1. The summed E-state index contributed by atoms with van der Waals surface area (Å²) in [5.41, 5.74) is 1.38. The molecule has 0 bridgehead atoms. The standard InChI is InChI=1S/C25H40N2O2/c1-4-7-14-22(6-3)24(28)26-23(11-5-2)25(29)27-17-15-21(16-18-27)19-20-12-9-8-10-13-20/h8-10,12-13,21-23H,4-7,11,14-19H2,1-3H3,(H,26,28). The maximum atomic E-state index is 13.1. The van der Waals surface area contributed by atoms with Gasteiger partial charge in [0.1, 0.15) is 6.04 Å². The van der Waals surface area contributed by atoms with Crippen LogP contribution in [0.3, 0.4) is 0 Å². The third-order valence-corrected chi connectivity index (χ3v) is 6.26. The summed E-state index contributed by atoms with van der Waals surface area (Å²) in [5.74, 6) is 0.841. The lowest BCUT2D eigenvalue weighted by molar-refractivity contribution is -0.138. The van der Waals surface area contributed by atoms with Crippen molar-refractivity contribution in [1.82, 2.24) is 10.2 Å². The van der Waals surface area contributed by atoms with E-state index in [4.69, 9.17) is 0 Å². The highest BCUT2D eigenvalue weighted by molar-refractivity contribution is 5.88. The smallest absolute Gasteiger partial charge is 0.245 e. The summed E-state index contributed by atoms with van der Waals surface area (Å²) >= 11 is 0. The van der Waals surface area contributed by atoms with Crippen LogP contribution in [0.15, 0.2) is 30.3 Å². The van der Waals surface area contributed by atoms with Gasteiger partial charge in [0.15, 0.2) is 0 Å². The lowest BCUT2D eigenvalue weighted by atomic mass is 9.90. The van der Waals surface area contributed by atoms with Crippen LogP contribution in [-0.2, 0) is 16.0 Å². The van der Waals surface area contributed by atoms with Gasteiger partial charge in [0.05, 0.1) is 0 Å². The Labute approximate surface area is 177 Å². The first-order valence-corrected chi connectivity index (χ1v) is 11.7. The number of unbranched alkanes of at least 4 members (excludes halogenated alkanes) is 1. The van der Waals surface area contributed by atoms with Gasteiger partial charge in [-0.05, 0) is 50.0 Å². The van der Waals surface area contributed by atoms with Crippen molar-refractivity contribution in [2.45, 2.75) is 84.6 Å². The average Bonchev–Trinajstić information content (AvgIpc) is 2.75. The molecule has 0 aliphatic carbocycles. The summed E-state index contributed by atoms with van der Waals surface area (Å²) in [5, 5.41) is 3.10. The first-order valence-electron chi connectivity index (χ1n) is 11.7. The van der Waals surface area contributed by atoms with Crippen LogP contribution in [-0.4, -0.2) is 35.8 Å². The zero-order chi connectivity index (χ0) is 21.1. The van der Waals surface area contributed by atoms with Crippen LogP contribution in [0.25, 0.3) is 0 Å². The molecule has 1 fully saturated rings. The molecule has 0 saturated carbocycles. The minimum atomic E-state index is -0.367. The molecule has 0 aromatic heterocycles. The highest BCUT2D eigenvalue weighted by Crippen LogP contribution is 2.23. The van der Waals surface area contributed by atoms with Crippen LogP contribution in [0.2, 0.25) is 0 Å². The van der Waals surface area contributed by atoms with Crippen molar-refractivity contribution in [2.24, 2.45) is 11.8 Å². The van der Waals surface area contributed by atoms with Gasteiger partial charge in [0.25, 0.3) is 0 Å². The quantitative estimate of drug-likeness (QED) is 0.570. The second kappa shape index (κ2) is 12.7. The van der Waals surface area contributed by atoms with Crippen molar-refractivity contribution in [1.29, 1.82) is 0 Å². The molecular weight excluding hydrogens is 360 g/mol. The van der Waals surface area contributed by atoms with Crippen molar-refractivity contribution in [3.8, 4) is 0 Å². The minimum absolute atomic E-state index is 0.0266. The fourth-order valence-corrected chi connectivity index (χ4v) is 4.33. The second-order valence-electron chi connectivity index (χ2n) is 8.56. The van der Waals surface area contributed by atoms with Crippen LogP contribution in [0.1, 0.15) is 77.7 Å². The van der Waals surface area contributed by atoms with Gasteiger partial charge >= 0.3 is 0 Å². The Hall–Kier alpha value is -1.84. The number of nitrogens with zero attached hydrogens (tertiary/aromatic N) is 1. The molecule has 1 aromatic carbocycles. The number of benzene rings is 1. The van der Waals surface area contributed by atoms with E-state index in [9.17, 15) is 9.59 Å². The minimum Gasteiger partial charge on any atom is -0.344 e. The van der Waals surface area contributed by atoms with E-state index in [0.29, 0.717) is 5.92 Å². The Morgan fingerprint density at radius 1 is 1.03 bits per heavy atom. The molecule has 2 unspecified atom stereocenters. The number of hydrogen-bond donors (Lipinski definition) is 1. The monoisotopic (exact) mass is 400 g/mol. The number of nitrogens with one attached hydrogen (secondary N) is 1. The van der Waals surface area contributed by atoms with Crippen molar-refractivity contribution in [3.05, 3.63) is 35.9 Å². The Morgan fingerprint density at radius 2 is 1.72 bits per heavy atom. The van der Waals surface area contributed by atoms with Gasteiger partial charge in [-0.2, -0.15) is 0 Å². The van der Waals surface area contributed by atoms with Crippen LogP contribution in [0.4, 0.5) is 0 Å². The number of likely N-dealkylation sites (tertiary alicyclic amines) is 1. The molecule has 2 rings (SSSR count). The van der Waals surface area contributed by atoms with Gasteiger partial charge in [-0.25, -0.2) is 0 Å². The number of hydrogen-bond acceptors (Lipinski definition) is 2. The lowest BCUT2D eigenvalue weighted by Crippen LogP contribution is -2.51. The van der Waals surface area contributed by atoms with Gasteiger partial charge in [-0.3, -0.25) is 9.59 Å². The van der Waals surface area contributed by atoms with E-state index in [-0.39, 0.29) is 23.8 Å². The zero-order valence-electron chi connectivity index (χ0n) is 18.7. The molecule has 4 nitrogen and oxygen atoms in total. The fourth-order valence-electron chi connectivity index (χ4n) is 4.33. The summed E-state index contributed by atoms with van der Waals surface area (Å²) in [6.45, 7) is 7.90. The molecule has 1 saturated heterocycles. The molecule has 29 heavy (non-hydrogen) atoms. The van der Waals surface area contributed by atoms with Crippen LogP contribution in [0.5, 0.6) is 0 Å². The molecule has 1 N–H and O–H groups in total. The van der Waals surface area contributed by atoms with Gasteiger partial charge in [-0.1, -0.05) is 70.4 Å². The van der Waals surface area contributed by atoms with Crippen LogP contribution >= 0.6 is 0 Å². The zero-order valence-corrected chi connectivity index (χ0v) is 18.7. The molecule has 1 heterocycles. The van der Waals surface area contributed by atoms with E-state index in [1.54, 1.807) is 0 Å². The van der Waals surface area contributed by atoms with Crippen molar-refractivity contribution >= 4 is 11.8 Å². The van der Waals surface area contributed by atoms with Gasteiger partial charge in [0.2, 0.25) is 11.8 Å². The highest BCUT2D eigenvalue weighted by atomic mass is 16.2. The number of amides is 2. The van der Waals surface area contributed by atoms with E-state index in [1.807, 2.05) is 4.90 Å². The number of carbonyl (C=O) groups excluding carboxylic acids is 2. The highest BCUT2D eigenvalue weighted by Gasteiger charge is 2.30. The first-order chi connectivity index (χ1) is 14.1. The predicted octanol–water partition coefficient (Wildman–Crippen LogP) is 4.97. The van der Waals surface area contributed by atoms with Crippen molar-refractivity contribution in [3.63, 3.8) is 0 Å². The van der Waals surface area contributed by atoms with Crippen LogP contribution < -0.4 is 5.32 Å². The van der Waals surface area contributed by atoms with Gasteiger partial charge < -0.3 is 10.2 Å². The van der Waals surface area contributed by atoms with E-state index < -0.39 is 0 Å². The number of carbonyl (C=O) groups is 2. The van der Waals surface area contributed by atoms with E-state index in [0.717, 1.165) is 70.9 Å². The Kier molecular flexibility index (Phi) is 10.2. The molecular formula is C25H40N2O2. The SMILES string of the molecule is CCCCC(CC)C(=O)NC(CCC)C(=O)N1CCC(Cc2ccccc2)CC1. The third kappa shape index (κ3) is 7.49. The summed E-state index contributed by atoms with van der Waals surface area (Å²) in [4.78, 5) is 27.8. The summed E-state index contributed by atoms with van der Waals surface area (Å²) < 4.78 is 0. The molecule has 1 aromatic rings. The molecule has 1 aliphatic heterocycles. The van der Waals surface area contributed by atoms with Crippen molar-refractivity contribution in [2.75, 3.05) is 13.1 Å². The second-order valence-corrected chi connectivity index (χ2v) is 8.56.